The van der Waals surface area contributed by atoms with Crippen molar-refractivity contribution >= 4 is 0 Å². The molecule has 0 saturated heterocycles. The van der Waals surface area contributed by atoms with Crippen molar-refractivity contribution in [2.45, 2.75) is 33.1 Å². The molecule has 0 radical (unpaired) electrons. The van der Waals surface area contributed by atoms with Crippen LogP contribution in [-0.4, -0.2) is 36.0 Å². The highest BCUT2D eigenvalue weighted by molar-refractivity contribution is 5.00. The van der Waals surface area contributed by atoms with Gasteiger partial charge in [0.25, 0.3) is 0 Å². The normalized spacial score (nSPS) is 12.9. The molecule has 1 rings (SSSR count). The lowest BCUT2D eigenvalue weighted by Gasteiger charge is -2.20. The molecule has 5 nitrogen and oxygen atoms in total. The molecule has 1 aromatic heterocycles. The molecule has 0 amide bonds. The van der Waals surface area contributed by atoms with Crippen LogP contribution in [0.3, 0.4) is 0 Å². The van der Waals surface area contributed by atoms with Gasteiger partial charge in [-0.05, 0) is 20.8 Å². The van der Waals surface area contributed by atoms with Gasteiger partial charge in [-0.15, -0.1) is 0 Å². The predicted molar refractivity (Wildman–Crippen MR) is 65.5 cm³/mol. The summed E-state index contributed by atoms with van der Waals surface area (Å²) >= 11 is 0. The molecule has 1 heterocycles. The fourth-order valence-corrected chi connectivity index (χ4v) is 1.45. The van der Waals surface area contributed by atoms with Crippen molar-refractivity contribution in [2.75, 3.05) is 19.8 Å². The molecule has 0 saturated carbocycles. The first-order chi connectivity index (χ1) is 8.27. The van der Waals surface area contributed by atoms with Crippen LogP contribution in [0, 0.1) is 0 Å². The molecule has 0 aromatic carbocycles. The van der Waals surface area contributed by atoms with E-state index in [1.54, 1.807) is 18.6 Å². The highest BCUT2D eigenvalue weighted by atomic mass is 16.7. The minimum Gasteiger partial charge on any atom is -0.352 e. The van der Waals surface area contributed by atoms with E-state index in [9.17, 15) is 0 Å². The molecular formula is C12H21N3O2. The maximum absolute atomic E-state index is 5.45. The molecule has 1 unspecified atom stereocenters. The molecule has 0 aliphatic rings. The third-order valence-corrected chi connectivity index (χ3v) is 2.32. The second-order valence-electron chi connectivity index (χ2n) is 3.60. The molecule has 0 aliphatic heterocycles. The van der Waals surface area contributed by atoms with Gasteiger partial charge in [0.15, 0.2) is 6.29 Å². The maximum atomic E-state index is 5.45. The third kappa shape index (κ3) is 5.21. The molecule has 1 N–H and O–H groups in total. The van der Waals surface area contributed by atoms with Crippen LogP contribution < -0.4 is 5.32 Å². The number of ether oxygens (including phenoxy) is 2. The summed E-state index contributed by atoms with van der Waals surface area (Å²) < 4.78 is 10.9. The topological polar surface area (TPSA) is 56.3 Å². The van der Waals surface area contributed by atoms with E-state index >= 15 is 0 Å². The minimum absolute atomic E-state index is 0.132. The van der Waals surface area contributed by atoms with E-state index in [0.29, 0.717) is 19.8 Å². The summed E-state index contributed by atoms with van der Waals surface area (Å²) in [6.07, 6.45) is 4.91. The first-order valence-electron chi connectivity index (χ1n) is 6.00. The largest absolute Gasteiger partial charge is 0.352 e. The standard InChI is InChI=1S/C12H21N3O2/c1-4-16-12(17-5-2)9-15-10(3)11-8-13-6-7-14-11/h6-8,10,12,15H,4-5,9H2,1-3H3. The van der Waals surface area contributed by atoms with Crippen molar-refractivity contribution in [1.29, 1.82) is 0 Å². The number of hydrogen-bond donors (Lipinski definition) is 1. The van der Waals surface area contributed by atoms with Crippen LogP contribution in [0.15, 0.2) is 18.6 Å². The van der Waals surface area contributed by atoms with Gasteiger partial charge in [0, 0.05) is 44.4 Å². The molecule has 17 heavy (non-hydrogen) atoms. The van der Waals surface area contributed by atoms with Gasteiger partial charge in [-0.1, -0.05) is 0 Å². The van der Waals surface area contributed by atoms with Crippen LogP contribution in [0.25, 0.3) is 0 Å². The lowest BCUT2D eigenvalue weighted by molar-refractivity contribution is -0.133. The Morgan fingerprint density at radius 3 is 2.47 bits per heavy atom. The smallest absolute Gasteiger partial charge is 0.169 e. The van der Waals surface area contributed by atoms with Crippen molar-refractivity contribution < 1.29 is 9.47 Å². The monoisotopic (exact) mass is 239 g/mol. The van der Waals surface area contributed by atoms with E-state index in [4.69, 9.17) is 9.47 Å². The van der Waals surface area contributed by atoms with E-state index in [0.717, 1.165) is 5.69 Å². The summed E-state index contributed by atoms with van der Waals surface area (Å²) in [7, 11) is 0. The van der Waals surface area contributed by atoms with E-state index < -0.39 is 0 Å². The molecule has 1 aromatic rings. The Hall–Kier alpha value is -1.04. The second-order valence-corrected chi connectivity index (χ2v) is 3.60. The van der Waals surface area contributed by atoms with Gasteiger partial charge in [0.05, 0.1) is 5.69 Å². The van der Waals surface area contributed by atoms with Crippen LogP contribution in [0.1, 0.15) is 32.5 Å². The van der Waals surface area contributed by atoms with Gasteiger partial charge in [-0.3, -0.25) is 9.97 Å². The molecule has 0 aliphatic carbocycles. The first-order valence-corrected chi connectivity index (χ1v) is 6.00. The Kier molecular flexibility index (Phi) is 6.69. The molecular weight excluding hydrogens is 218 g/mol. The summed E-state index contributed by atoms with van der Waals surface area (Å²) in [4.78, 5) is 8.28. The van der Waals surface area contributed by atoms with Gasteiger partial charge in [-0.25, -0.2) is 0 Å². The number of hydrogen-bond acceptors (Lipinski definition) is 5. The van der Waals surface area contributed by atoms with Crippen molar-refractivity contribution in [2.24, 2.45) is 0 Å². The number of rotatable bonds is 8. The van der Waals surface area contributed by atoms with E-state index in [1.165, 1.54) is 0 Å². The molecule has 1 atom stereocenters. The Morgan fingerprint density at radius 2 is 1.94 bits per heavy atom. The van der Waals surface area contributed by atoms with Crippen molar-refractivity contribution in [3.63, 3.8) is 0 Å². The summed E-state index contributed by atoms with van der Waals surface area (Å²) in [5, 5.41) is 3.32. The van der Waals surface area contributed by atoms with Crippen LogP contribution in [0.5, 0.6) is 0 Å². The van der Waals surface area contributed by atoms with Gasteiger partial charge >= 0.3 is 0 Å². The molecule has 5 heteroatoms. The summed E-state index contributed by atoms with van der Waals surface area (Å²) in [6, 6.07) is 0.132. The molecule has 0 spiro atoms. The highest BCUT2D eigenvalue weighted by Gasteiger charge is 2.11. The quantitative estimate of drug-likeness (QED) is 0.697. The summed E-state index contributed by atoms with van der Waals surface area (Å²) in [5.41, 5.74) is 0.916. The van der Waals surface area contributed by atoms with Crippen LogP contribution >= 0.6 is 0 Å². The average Bonchev–Trinajstić information content (AvgIpc) is 2.37. The Balaban J connectivity index is 2.38. The molecule has 0 fully saturated rings. The van der Waals surface area contributed by atoms with Crippen molar-refractivity contribution in [3.8, 4) is 0 Å². The van der Waals surface area contributed by atoms with Gasteiger partial charge in [0.1, 0.15) is 0 Å². The van der Waals surface area contributed by atoms with Gasteiger partial charge in [-0.2, -0.15) is 0 Å². The second kappa shape index (κ2) is 8.11. The third-order valence-electron chi connectivity index (χ3n) is 2.32. The van der Waals surface area contributed by atoms with Crippen molar-refractivity contribution in [1.82, 2.24) is 15.3 Å². The lowest BCUT2D eigenvalue weighted by atomic mass is 10.2. The number of nitrogens with zero attached hydrogens (tertiary/aromatic N) is 2. The van der Waals surface area contributed by atoms with E-state index in [-0.39, 0.29) is 12.3 Å². The SMILES string of the molecule is CCOC(CNC(C)c1cnccn1)OCC. The first kappa shape index (κ1) is 14.0. The fraction of sp³-hybridized carbons (Fsp3) is 0.667. The van der Waals surface area contributed by atoms with E-state index in [1.807, 2.05) is 20.8 Å². The minimum atomic E-state index is -0.205. The summed E-state index contributed by atoms with van der Waals surface area (Å²) in [6.45, 7) is 7.88. The van der Waals surface area contributed by atoms with Gasteiger partial charge < -0.3 is 14.8 Å². The number of aromatic nitrogens is 2. The molecule has 96 valence electrons. The van der Waals surface area contributed by atoms with Crippen LogP contribution in [0.4, 0.5) is 0 Å². The predicted octanol–water partition coefficient (Wildman–Crippen LogP) is 1.53. The fourth-order valence-electron chi connectivity index (χ4n) is 1.45. The Labute approximate surface area is 103 Å². The lowest BCUT2D eigenvalue weighted by Crippen LogP contribution is -2.33. The maximum Gasteiger partial charge on any atom is 0.169 e. The van der Waals surface area contributed by atoms with Gasteiger partial charge in [0.2, 0.25) is 0 Å². The zero-order valence-electron chi connectivity index (χ0n) is 10.7. The zero-order valence-corrected chi connectivity index (χ0v) is 10.7. The van der Waals surface area contributed by atoms with Crippen LogP contribution in [0.2, 0.25) is 0 Å². The Bertz CT molecular complexity index is 289. The number of nitrogens with one attached hydrogen (secondary N) is 1. The van der Waals surface area contributed by atoms with E-state index in [2.05, 4.69) is 15.3 Å². The average molecular weight is 239 g/mol. The zero-order chi connectivity index (χ0) is 12.5. The van der Waals surface area contributed by atoms with Crippen molar-refractivity contribution in [3.05, 3.63) is 24.3 Å². The Morgan fingerprint density at radius 1 is 1.24 bits per heavy atom. The summed E-state index contributed by atoms with van der Waals surface area (Å²) in [5.74, 6) is 0. The molecule has 0 bridgehead atoms. The van der Waals surface area contributed by atoms with Crippen LogP contribution in [-0.2, 0) is 9.47 Å². The highest BCUT2D eigenvalue weighted by Crippen LogP contribution is 2.06.